The lowest BCUT2D eigenvalue weighted by molar-refractivity contribution is 0.615. The van der Waals surface area contributed by atoms with Crippen molar-refractivity contribution in [2.45, 2.75) is 12.5 Å². The zero-order valence-electron chi connectivity index (χ0n) is 11.6. The number of rotatable bonds is 2. The molecular formula is C15H15ClN4O. The van der Waals surface area contributed by atoms with Crippen molar-refractivity contribution in [3.8, 4) is 0 Å². The van der Waals surface area contributed by atoms with Gasteiger partial charge in [0.05, 0.1) is 0 Å². The number of aromatic nitrogens is 2. The van der Waals surface area contributed by atoms with E-state index in [-0.39, 0.29) is 0 Å². The third-order valence-corrected chi connectivity index (χ3v) is 4.33. The van der Waals surface area contributed by atoms with Crippen molar-refractivity contribution in [2.75, 3.05) is 25.0 Å². The van der Waals surface area contributed by atoms with E-state index in [0.29, 0.717) is 11.1 Å². The number of likely N-dealkylation sites (N-methyl/N-ethyl adjacent to an activating group) is 1. The highest BCUT2D eigenvalue weighted by Gasteiger charge is 2.25. The van der Waals surface area contributed by atoms with Crippen LogP contribution in [0.15, 0.2) is 28.9 Å². The van der Waals surface area contributed by atoms with Crippen LogP contribution in [0.2, 0.25) is 5.02 Å². The third kappa shape index (κ3) is 2.04. The van der Waals surface area contributed by atoms with E-state index in [2.05, 4.69) is 20.2 Å². The highest BCUT2D eigenvalue weighted by Crippen LogP contribution is 2.34. The van der Waals surface area contributed by atoms with Crippen LogP contribution in [0.25, 0.3) is 22.1 Å². The van der Waals surface area contributed by atoms with Gasteiger partial charge in [0.25, 0.3) is 0 Å². The molecule has 21 heavy (non-hydrogen) atoms. The first-order chi connectivity index (χ1) is 10.3. The summed E-state index contributed by atoms with van der Waals surface area (Å²) >= 11 is 6.04. The highest BCUT2D eigenvalue weighted by atomic mass is 35.5. The number of fused-ring (bicyclic) bond motifs is 3. The van der Waals surface area contributed by atoms with E-state index >= 15 is 0 Å². The zero-order chi connectivity index (χ0) is 14.4. The summed E-state index contributed by atoms with van der Waals surface area (Å²) in [6.45, 7) is 1.90. The fourth-order valence-electron chi connectivity index (χ4n) is 2.95. The molecule has 0 unspecified atom stereocenters. The molecule has 1 aliphatic heterocycles. The monoisotopic (exact) mass is 302 g/mol. The van der Waals surface area contributed by atoms with Gasteiger partial charge in [0, 0.05) is 35.6 Å². The van der Waals surface area contributed by atoms with Crippen LogP contribution < -0.4 is 10.2 Å². The molecule has 1 fully saturated rings. The summed E-state index contributed by atoms with van der Waals surface area (Å²) in [4.78, 5) is 11.1. The van der Waals surface area contributed by atoms with Crippen LogP contribution >= 0.6 is 11.6 Å². The summed E-state index contributed by atoms with van der Waals surface area (Å²) in [5, 5.41) is 4.95. The van der Waals surface area contributed by atoms with Crippen molar-refractivity contribution in [3.63, 3.8) is 0 Å². The van der Waals surface area contributed by atoms with Crippen molar-refractivity contribution >= 4 is 39.5 Å². The zero-order valence-corrected chi connectivity index (χ0v) is 12.4. The Morgan fingerprint density at radius 2 is 2.29 bits per heavy atom. The first kappa shape index (κ1) is 12.9. The van der Waals surface area contributed by atoms with E-state index in [4.69, 9.17) is 16.0 Å². The van der Waals surface area contributed by atoms with Crippen molar-refractivity contribution in [1.29, 1.82) is 0 Å². The Kier molecular flexibility index (Phi) is 2.97. The third-order valence-electron chi connectivity index (χ3n) is 4.09. The van der Waals surface area contributed by atoms with Gasteiger partial charge in [0.2, 0.25) is 0 Å². The minimum absolute atomic E-state index is 0.494. The topological polar surface area (TPSA) is 54.2 Å². The van der Waals surface area contributed by atoms with E-state index in [1.807, 2.05) is 25.2 Å². The Morgan fingerprint density at radius 3 is 3.10 bits per heavy atom. The number of benzene rings is 1. The van der Waals surface area contributed by atoms with Crippen LogP contribution in [0.3, 0.4) is 0 Å². The maximum absolute atomic E-state index is 6.04. The van der Waals surface area contributed by atoms with Crippen LogP contribution in [-0.2, 0) is 0 Å². The molecule has 3 aromatic rings. The fraction of sp³-hybridized carbons (Fsp3) is 0.333. The van der Waals surface area contributed by atoms with Crippen molar-refractivity contribution in [2.24, 2.45) is 0 Å². The largest absolute Gasteiger partial charge is 0.450 e. The Labute approximate surface area is 126 Å². The molecular weight excluding hydrogens is 288 g/mol. The maximum Gasteiger partial charge on any atom is 0.196 e. The molecule has 0 saturated carbocycles. The molecule has 1 aliphatic rings. The molecule has 108 valence electrons. The fourth-order valence-corrected chi connectivity index (χ4v) is 3.11. The number of hydrogen-bond donors (Lipinski definition) is 1. The van der Waals surface area contributed by atoms with E-state index in [9.17, 15) is 0 Å². The second-order valence-electron chi connectivity index (χ2n) is 5.34. The Morgan fingerprint density at radius 1 is 1.38 bits per heavy atom. The van der Waals surface area contributed by atoms with Crippen molar-refractivity contribution < 1.29 is 4.42 Å². The molecule has 0 bridgehead atoms. The Hall–Kier alpha value is -1.85. The number of hydrogen-bond acceptors (Lipinski definition) is 5. The van der Waals surface area contributed by atoms with Gasteiger partial charge in [-0.2, -0.15) is 0 Å². The lowest BCUT2D eigenvalue weighted by atomic mass is 10.2. The second-order valence-corrected chi connectivity index (χ2v) is 5.77. The van der Waals surface area contributed by atoms with E-state index in [1.54, 1.807) is 6.33 Å². The average Bonchev–Trinajstić information content (AvgIpc) is 3.10. The SMILES string of the molecule is CN[C@@H]1CCN(c2ncnc3c2oc2cc(Cl)ccc23)C1. The van der Waals surface area contributed by atoms with Crippen LogP contribution in [0.1, 0.15) is 6.42 Å². The van der Waals surface area contributed by atoms with E-state index in [1.165, 1.54) is 0 Å². The summed E-state index contributed by atoms with van der Waals surface area (Å²) in [6, 6.07) is 6.12. The van der Waals surface area contributed by atoms with Gasteiger partial charge >= 0.3 is 0 Å². The summed E-state index contributed by atoms with van der Waals surface area (Å²) in [5.74, 6) is 0.866. The van der Waals surface area contributed by atoms with Gasteiger partial charge in [-0.1, -0.05) is 11.6 Å². The predicted molar refractivity (Wildman–Crippen MR) is 84.0 cm³/mol. The average molecular weight is 303 g/mol. The number of halogens is 1. The molecule has 0 aliphatic carbocycles. The first-order valence-corrected chi connectivity index (χ1v) is 7.39. The quantitative estimate of drug-likeness (QED) is 0.789. The molecule has 1 saturated heterocycles. The molecule has 3 heterocycles. The van der Waals surface area contributed by atoms with Gasteiger partial charge in [0.1, 0.15) is 17.4 Å². The van der Waals surface area contributed by atoms with Crippen molar-refractivity contribution in [3.05, 3.63) is 29.5 Å². The summed E-state index contributed by atoms with van der Waals surface area (Å²) in [6.07, 6.45) is 2.71. The standard InChI is InChI=1S/C15H15ClN4O/c1-17-10-4-5-20(7-10)15-14-13(18-8-19-15)11-3-2-9(16)6-12(11)21-14/h2-3,6,8,10,17H,4-5,7H2,1H3/t10-/m1/s1. The van der Waals surface area contributed by atoms with Crippen LogP contribution in [0.5, 0.6) is 0 Å². The molecule has 1 atom stereocenters. The smallest absolute Gasteiger partial charge is 0.196 e. The van der Waals surface area contributed by atoms with Gasteiger partial charge in [0.15, 0.2) is 11.4 Å². The van der Waals surface area contributed by atoms with Crippen LogP contribution in [0.4, 0.5) is 5.82 Å². The van der Waals surface area contributed by atoms with Crippen LogP contribution in [-0.4, -0.2) is 36.1 Å². The van der Waals surface area contributed by atoms with E-state index < -0.39 is 0 Å². The summed E-state index contributed by atoms with van der Waals surface area (Å²) < 4.78 is 5.97. The molecule has 0 amide bonds. The first-order valence-electron chi connectivity index (χ1n) is 7.01. The molecule has 1 N–H and O–H groups in total. The number of nitrogens with one attached hydrogen (secondary N) is 1. The minimum Gasteiger partial charge on any atom is -0.450 e. The van der Waals surface area contributed by atoms with Gasteiger partial charge in [-0.05, 0) is 25.6 Å². The normalized spacial score (nSPS) is 19.0. The molecule has 1 aromatic carbocycles. The Balaban J connectivity index is 1.88. The maximum atomic E-state index is 6.04. The lowest BCUT2D eigenvalue weighted by Gasteiger charge is -2.16. The van der Waals surface area contributed by atoms with Gasteiger partial charge in [-0.25, -0.2) is 9.97 Å². The van der Waals surface area contributed by atoms with Gasteiger partial charge in [-0.15, -0.1) is 0 Å². The predicted octanol–water partition coefficient (Wildman–Crippen LogP) is 2.83. The highest BCUT2D eigenvalue weighted by molar-refractivity contribution is 6.31. The number of nitrogens with zero attached hydrogens (tertiary/aromatic N) is 3. The number of furan rings is 1. The van der Waals surface area contributed by atoms with Gasteiger partial charge in [-0.3, -0.25) is 0 Å². The minimum atomic E-state index is 0.494. The molecule has 0 radical (unpaired) electrons. The number of anilines is 1. The molecule has 6 heteroatoms. The summed E-state index contributed by atoms with van der Waals surface area (Å²) in [7, 11) is 1.99. The summed E-state index contributed by atoms with van der Waals surface area (Å²) in [5.41, 5.74) is 2.34. The van der Waals surface area contributed by atoms with E-state index in [0.717, 1.165) is 47.4 Å². The second kappa shape index (κ2) is 4.86. The molecule has 4 rings (SSSR count). The molecule has 2 aromatic heterocycles. The van der Waals surface area contributed by atoms with Gasteiger partial charge < -0.3 is 14.6 Å². The molecule has 5 nitrogen and oxygen atoms in total. The van der Waals surface area contributed by atoms with Crippen LogP contribution in [0, 0.1) is 0 Å². The lowest BCUT2D eigenvalue weighted by Crippen LogP contribution is -2.29. The van der Waals surface area contributed by atoms with Crippen molar-refractivity contribution in [1.82, 2.24) is 15.3 Å². The Bertz CT molecular complexity index is 816. The molecule has 0 spiro atoms.